The van der Waals surface area contributed by atoms with Gasteiger partial charge in [0.2, 0.25) is 23.6 Å². The van der Waals surface area contributed by atoms with Crippen molar-refractivity contribution in [3.05, 3.63) is 35.9 Å². The van der Waals surface area contributed by atoms with Gasteiger partial charge >= 0.3 is 6.09 Å². The number of nitrogens with one attached hydrogen (secondary N) is 5. The van der Waals surface area contributed by atoms with Crippen LogP contribution in [0.3, 0.4) is 0 Å². The first-order valence-electron chi connectivity index (χ1n) is 18.4. The molecular formula is C38H63N5O8S. The molecule has 1 aliphatic rings. The Bertz CT molecular complexity index is 1290. The summed E-state index contributed by atoms with van der Waals surface area (Å²) in [5, 5.41) is 25.6. The molecule has 1 heterocycles. The number of aliphatic hydroxyl groups excluding tert-OH is 1. The van der Waals surface area contributed by atoms with Crippen LogP contribution in [0.25, 0.3) is 0 Å². The standard InChI is InChI=1S/C38H63N5O8S/c1-23(2)20-28(41-34(46)27(17-19-52-9)40-36(48)31(24(3)4)43-37(49)51-38(6,7)8)29(44)21-25(5)33(45)42-32(30-16-13-18-50-30)35(47)39-22-26-14-11-10-12-15-26/h10-12,14-15,23-25,27-32,44H,13,16-22H2,1-9H3,(H,39,47)(H,40,48)(H,41,46)(H,42,45)(H,43,49)/t25-,27+,28+,29+,30?,31+,32+/m1/s1. The molecule has 52 heavy (non-hydrogen) atoms. The van der Waals surface area contributed by atoms with E-state index in [0.717, 1.165) is 12.0 Å². The largest absolute Gasteiger partial charge is 0.444 e. The van der Waals surface area contributed by atoms with Crippen LogP contribution < -0.4 is 26.6 Å². The number of alkyl carbamates (subject to hydrolysis) is 1. The minimum absolute atomic E-state index is 0.0183. The molecule has 6 N–H and O–H groups in total. The molecule has 0 aliphatic carbocycles. The van der Waals surface area contributed by atoms with Crippen LogP contribution in [-0.2, 0) is 35.2 Å². The minimum Gasteiger partial charge on any atom is -0.444 e. The van der Waals surface area contributed by atoms with E-state index in [1.165, 1.54) is 11.8 Å². The molecule has 7 atom stereocenters. The van der Waals surface area contributed by atoms with Crippen LogP contribution in [0.2, 0.25) is 0 Å². The highest BCUT2D eigenvalue weighted by Gasteiger charge is 2.36. The fourth-order valence-corrected chi connectivity index (χ4v) is 6.33. The first-order chi connectivity index (χ1) is 24.4. The summed E-state index contributed by atoms with van der Waals surface area (Å²) in [5.74, 6) is -2.10. The number of ether oxygens (including phenoxy) is 2. The molecule has 1 aromatic rings. The van der Waals surface area contributed by atoms with Gasteiger partial charge in [-0.3, -0.25) is 19.2 Å². The molecule has 14 heteroatoms. The Kier molecular flexibility index (Phi) is 18.9. The molecule has 0 spiro atoms. The van der Waals surface area contributed by atoms with Crippen molar-refractivity contribution in [2.24, 2.45) is 17.8 Å². The van der Waals surface area contributed by atoms with Gasteiger partial charge in [-0.15, -0.1) is 0 Å². The Hall–Kier alpha value is -3.36. The van der Waals surface area contributed by atoms with E-state index in [-0.39, 0.29) is 24.2 Å². The maximum absolute atomic E-state index is 13.7. The Balaban J connectivity index is 2.12. The second kappa shape index (κ2) is 22.0. The van der Waals surface area contributed by atoms with E-state index in [1.807, 2.05) is 50.4 Å². The first-order valence-corrected chi connectivity index (χ1v) is 19.8. The predicted molar refractivity (Wildman–Crippen MR) is 203 cm³/mol. The maximum Gasteiger partial charge on any atom is 0.408 e. The summed E-state index contributed by atoms with van der Waals surface area (Å²) in [6, 6.07) is 5.97. The number of hydrogen-bond acceptors (Lipinski definition) is 9. The summed E-state index contributed by atoms with van der Waals surface area (Å²) in [6.45, 7) is 15.2. The van der Waals surface area contributed by atoms with Crippen molar-refractivity contribution in [1.29, 1.82) is 0 Å². The lowest BCUT2D eigenvalue weighted by molar-refractivity contribution is -0.134. The number of aliphatic hydroxyl groups is 1. The average Bonchev–Trinajstić information content (AvgIpc) is 3.60. The third-order valence-corrected chi connectivity index (χ3v) is 9.30. The summed E-state index contributed by atoms with van der Waals surface area (Å²) >= 11 is 1.52. The first kappa shape index (κ1) is 44.8. The summed E-state index contributed by atoms with van der Waals surface area (Å²) in [5.41, 5.74) is 0.173. The fraction of sp³-hybridized carbons (Fsp3) is 0.711. The van der Waals surface area contributed by atoms with Crippen molar-refractivity contribution in [2.75, 3.05) is 18.6 Å². The van der Waals surface area contributed by atoms with Crippen molar-refractivity contribution < 1.29 is 38.6 Å². The van der Waals surface area contributed by atoms with Gasteiger partial charge in [0, 0.05) is 19.1 Å². The summed E-state index contributed by atoms with van der Waals surface area (Å²) < 4.78 is 11.1. The predicted octanol–water partition coefficient (Wildman–Crippen LogP) is 3.67. The zero-order chi connectivity index (χ0) is 39.0. The van der Waals surface area contributed by atoms with Crippen LogP contribution >= 0.6 is 11.8 Å². The zero-order valence-electron chi connectivity index (χ0n) is 32.5. The molecule has 0 aromatic heterocycles. The molecule has 0 saturated carbocycles. The number of rotatable bonds is 20. The smallest absolute Gasteiger partial charge is 0.408 e. The normalized spacial score (nSPS) is 18.0. The molecule has 1 aliphatic heterocycles. The maximum atomic E-state index is 13.7. The van der Waals surface area contributed by atoms with Crippen LogP contribution in [0.1, 0.15) is 93.1 Å². The van der Waals surface area contributed by atoms with E-state index in [1.54, 1.807) is 41.5 Å². The number of amides is 5. The lowest BCUT2D eigenvalue weighted by Gasteiger charge is -2.31. The van der Waals surface area contributed by atoms with E-state index in [9.17, 15) is 29.1 Å². The lowest BCUT2D eigenvalue weighted by atomic mass is 9.92. The van der Waals surface area contributed by atoms with E-state index in [0.29, 0.717) is 38.2 Å². The second-order valence-corrected chi connectivity index (χ2v) is 16.4. The fourth-order valence-electron chi connectivity index (χ4n) is 5.86. The van der Waals surface area contributed by atoms with Gasteiger partial charge in [-0.25, -0.2) is 4.79 Å². The van der Waals surface area contributed by atoms with E-state index in [4.69, 9.17) is 9.47 Å². The second-order valence-electron chi connectivity index (χ2n) is 15.4. The van der Waals surface area contributed by atoms with Crippen molar-refractivity contribution >= 4 is 41.5 Å². The topological polar surface area (TPSA) is 184 Å². The minimum atomic E-state index is -1.10. The van der Waals surface area contributed by atoms with Gasteiger partial charge < -0.3 is 41.2 Å². The van der Waals surface area contributed by atoms with Crippen molar-refractivity contribution in [3.63, 3.8) is 0 Å². The van der Waals surface area contributed by atoms with Gasteiger partial charge in [0.1, 0.15) is 23.7 Å². The van der Waals surface area contributed by atoms with Crippen LogP contribution in [0.5, 0.6) is 0 Å². The Labute approximate surface area is 314 Å². The number of hydrogen-bond donors (Lipinski definition) is 6. The van der Waals surface area contributed by atoms with E-state index < -0.39 is 71.7 Å². The molecule has 5 amide bonds. The quantitative estimate of drug-likeness (QED) is 0.116. The third-order valence-electron chi connectivity index (χ3n) is 8.65. The van der Waals surface area contributed by atoms with Gasteiger partial charge in [-0.1, -0.05) is 65.0 Å². The molecule has 1 aromatic carbocycles. The molecule has 1 unspecified atom stereocenters. The highest BCUT2D eigenvalue weighted by molar-refractivity contribution is 7.98. The molecule has 2 rings (SSSR count). The molecule has 0 radical (unpaired) electrons. The van der Waals surface area contributed by atoms with Crippen LogP contribution in [0, 0.1) is 17.8 Å². The van der Waals surface area contributed by atoms with Crippen LogP contribution in [0.15, 0.2) is 30.3 Å². The Morgan fingerprint density at radius 3 is 2.13 bits per heavy atom. The lowest BCUT2D eigenvalue weighted by Crippen LogP contribution is -2.58. The van der Waals surface area contributed by atoms with Gasteiger partial charge in [-0.2, -0.15) is 11.8 Å². The van der Waals surface area contributed by atoms with Crippen molar-refractivity contribution in [1.82, 2.24) is 26.6 Å². The Morgan fingerprint density at radius 1 is 0.904 bits per heavy atom. The number of carbonyl (C=O) groups is 5. The number of thioether (sulfide) groups is 1. The molecular weight excluding hydrogens is 687 g/mol. The van der Waals surface area contributed by atoms with Gasteiger partial charge in [-0.05, 0) is 82.3 Å². The van der Waals surface area contributed by atoms with Crippen LogP contribution in [-0.4, -0.2) is 95.4 Å². The summed E-state index contributed by atoms with van der Waals surface area (Å²) in [7, 11) is 0. The highest BCUT2D eigenvalue weighted by atomic mass is 32.2. The number of benzene rings is 1. The van der Waals surface area contributed by atoms with Gasteiger partial charge in [0.25, 0.3) is 0 Å². The molecule has 1 fully saturated rings. The summed E-state index contributed by atoms with van der Waals surface area (Å²) in [4.78, 5) is 66.4. The summed E-state index contributed by atoms with van der Waals surface area (Å²) in [6.07, 6.45) is 1.75. The number of carbonyl (C=O) groups excluding carboxylic acids is 5. The van der Waals surface area contributed by atoms with Gasteiger partial charge in [0.15, 0.2) is 0 Å². The van der Waals surface area contributed by atoms with Gasteiger partial charge in [0.05, 0.1) is 18.2 Å². The Morgan fingerprint density at radius 2 is 1.58 bits per heavy atom. The van der Waals surface area contributed by atoms with E-state index in [2.05, 4.69) is 26.6 Å². The zero-order valence-corrected chi connectivity index (χ0v) is 33.3. The van der Waals surface area contributed by atoms with Crippen molar-refractivity contribution in [3.8, 4) is 0 Å². The molecule has 0 bridgehead atoms. The average molecular weight is 750 g/mol. The SMILES string of the molecule is CSCC[C@H](NC(=O)[C@@H](NC(=O)OC(C)(C)C)C(C)C)C(=O)N[C@@H](CC(C)C)[C@@H](O)C[C@@H](C)C(=O)N[C@H](C(=O)NCc1ccccc1)C1CCCO1. The highest BCUT2D eigenvalue weighted by Crippen LogP contribution is 2.20. The molecule has 294 valence electrons. The third kappa shape index (κ3) is 16.1. The van der Waals surface area contributed by atoms with Crippen molar-refractivity contribution in [2.45, 2.75) is 136 Å². The van der Waals surface area contributed by atoms with E-state index >= 15 is 0 Å². The van der Waals surface area contributed by atoms with Crippen LogP contribution in [0.4, 0.5) is 4.79 Å². The molecule has 13 nitrogen and oxygen atoms in total. The monoisotopic (exact) mass is 749 g/mol. The molecule has 1 saturated heterocycles.